The van der Waals surface area contributed by atoms with E-state index in [-0.39, 0.29) is 37.6 Å². The SMILES string of the molecule is N[C@H](c1nc2nc(C3(C(=O)NC[C@@H]4CC4(F)F)CCOCC3)ccc2[nH]1)C1CCC(F)(F)CC1. The first kappa shape index (κ1) is 23.5. The van der Waals surface area contributed by atoms with Crippen molar-refractivity contribution in [1.82, 2.24) is 20.3 Å². The molecule has 34 heavy (non-hydrogen) atoms. The number of alkyl halides is 4. The zero-order valence-corrected chi connectivity index (χ0v) is 18.8. The largest absolute Gasteiger partial charge is 0.381 e. The van der Waals surface area contributed by atoms with E-state index < -0.39 is 29.2 Å². The van der Waals surface area contributed by atoms with Gasteiger partial charge in [-0.05, 0) is 43.7 Å². The Labute approximate surface area is 194 Å². The highest BCUT2D eigenvalue weighted by Gasteiger charge is 2.57. The van der Waals surface area contributed by atoms with E-state index in [9.17, 15) is 22.4 Å². The van der Waals surface area contributed by atoms with Gasteiger partial charge in [-0.15, -0.1) is 0 Å². The molecule has 1 aliphatic heterocycles. The number of nitrogens with one attached hydrogen (secondary N) is 2. The molecule has 1 amide bonds. The number of nitrogens with zero attached hydrogens (tertiary/aromatic N) is 2. The minimum atomic E-state index is -2.70. The van der Waals surface area contributed by atoms with Crippen LogP contribution in [0.2, 0.25) is 0 Å². The Kier molecular flexibility index (Phi) is 5.83. The summed E-state index contributed by atoms with van der Waals surface area (Å²) in [7, 11) is 0. The molecule has 2 aliphatic carbocycles. The van der Waals surface area contributed by atoms with Crippen LogP contribution in [0.4, 0.5) is 17.6 Å². The number of nitrogens with two attached hydrogens (primary N) is 1. The lowest BCUT2D eigenvalue weighted by Gasteiger charge is -2.35. The first-order valence-corrected chi connectivity index (χ1v) is 11.8. The summed E-state index contributed by atoms with van der Waals surface area (Å²) in [5.74, 6) is -6.11. The second-order valence-corrected chi connectivity index (χ2v) is 9.98. The number of rotatable bonds is 6. The van der Waals surface area contributed by atoms with Gasteiger partial charge >= 0.3 is 0 Å². The molecule has 0 radical (unpaired) electrons. The third kappa shape index (κ3) is 4.39. The van der Waals surface area contributed by atoms with Crippen LogP contribution in [0.15, 0.2) is 12.1 Å². The number of carbonyl (C=O) groups is 1. The number of hydrogen-bond donors (Lipinski definition) is 3. The van der Waals surface area contributed by atoms with E-state index in [4.69, 9.17) is 10.5 Å². The molecule has 4 N–H and O–H groups in total. The van der Waals surface area contributed by atoms with E-state index >= 15 is 0 Å². The van der Waals surface area contributed by atoms with Crippen molar-refractivity contribution < 1.29 is 27.1 Å². The van der Waals surface area contributed by atoms with E-state index in [0.29, 0.717) is 61.6 Å². The number of hydrogen-bond acceptors (Lipinski definition) is 5. The summed E-state index contributed by atoms with van der Waals surface area (Å²) in [5, 5.41) is 2.71. The van der Waals surface area contributed by atoms with Gasteiger partial charge in [-0.2, -0.15) is 0 Å². The number of carbonyl (C=O) groups excluding carboxylic acids is 1. The standard InChI is InChI=1S/C23H29F4N5O2/c24-22(25)5-3-13(4-6-22)17(28)19-30-15-1-2-16(31-18(15)32-19)21(7-9-34-10-8-21)20(33)29-12-14-11-23(14,26)27/h1-2,13-14,17H,3-12,28H2,(H,29,33)(H,30,31,32)/t14-,17-/m0/s1. The molecule has 0 unspecified atom stereocenters. The molecular formula is C23H29F4N5O2. The molecule has 11 heteroatoms. The monoisotopic (exact) mass is 483 g/mol. The summed E-state index contributed by atoms with van der Waals surface area (Å²) in [5.41, 5.74) is 6.90. The van der Waals surface area contributed by atoms with Crippen molar-refractivity contribution in [3.05, 3.63) is 23.7 Å². The Morgan fingerprint density at radius 1 is 1.15 bits per heavy atom. The van der Waals surface area contributed by atoms with Crippen molar-refractivity contribution in [1.29, 1.82) is 0 Å². The molecule has 186 valence electrons. The van der Waals surface area contributed by atoms with Gasteiger partial charge in [0.2, 0.25) is 11.8 Å². The van der Waals surface area contributed by atoms with Crippen molar-refractivity contribution in [2.24, 2.45) is 17.6 Å². The summed E-state index contributed by atoms with van der Waals surface area (Å²) in [6.45, 7) is 0.643. The molecule has 3 aliphatic rings. The summed E-state index contributed by atoms with van der Waals surface area (Å²) in [6, 6.07) is 3.00. The lowest BCUT2D eigenvalue weighted by molar-refractivity contribution is -0.130. The summed E-state index contributed by atoms with van der Waals surface area (Å²) in [4.78, 5) is 25.5. The number of ether oxygens (including phenoxy) is 1. The third-order valence-corrected chi connectivity index (χ3v) is 7.69. The fourth-order valence-electron chi connectivity index (χ4n) is 5.18. The predicted molar refractivity (Wildman–Crippen MR) is 116 cm³/mol. The van der Waals surface area contributed by atoms with E-state index in [1.165, 1.54) is 0 Å². The second kappa shape index (κ2) is 8.44. The highest BCUT2D eigenvalue weighted by Crippen LogP contribution is 2.48. The van der Waals surface area contributed by atoms with Gasteiger partial charge in [-0.25, -0.2) is 27.5 Å². The molecule has 7 nitrogen and oxygen atoms in total. The average Bonchev–Trinajstić information content (AvgIpc) is 3.22. The molecule has 2 atom stereocenters. The smallest absolute Gasteiger partial charge is 0.253 e. The molecule has 0 aromatic carbocycles. The topological polar surface area (TPSA) is 106 Å². The van der Waals surface area contributed by atoms with E-state index in [2.05, 4.69) is 20.3 Å². The molecule has 2 aromatic heterocycles. The van der Waals surface area contributed by atoms with Gasteiger partial charge in [-0.3, -0.25) is 4.79 Å². The molecule has 2 aromatic rings. The quantitative estimate of drug-likeness (QED) is 0.545. The normalized spacial score (nSPS) is 26.8. The molecule has 0 spiro atoms. The Morgan fingerprint density at radius 2 is 1.82 bits per heavy atom. The van der Waals surface area contributed by atoms with Crippen LogP contribution >= 0.6 is 0 Å². The number of pyridine rings is 1. The number of amides is 1. The molecule has 3 fully saturated rings. The second-order valence-electron chi connectivity index (χ2n) is 9.98. The summed E-state index contributed by atoms with van der Waals surface area (Å²) in [6.07, 6.45) is 0.848. The van der Waals surface area contributed by atoms with Gasteiger partial charge in [0.05, 0.1) is 22.7 Å². The average molecular weight is 484 g/mol. The van der Waals surface area contributed by atoms with Gasteiger partial charge < -0.3 is 20.8 Å². The van der Waals surface area contributed by atoms with Crippen LogP contribution in [0.5, 0.6) is 0 Å². The number of imidazole rings is 1. The van der Waals surface area contributed by atoms with Crippen LogP contribution in [0.3, 0.4) is 0 Å². The predicted octanol–water partition coefficient (Wildman–Crippen LogP) is 3.60. The lowest BCUT2D eigenvalue weighted by Crippen LogP contribution is -2.49. The maximum Gasteiger partial charge on any atom is 0.253 e. The number of aromatic amines is 1. The van der Waals surface area contributed by atoms with Gasteiger partial charge in [0.25, 0.3) is 5.92 Å². The Morgan fingerprint density at radius 3 is 2.47 bits per heavy atom. The van der Waals surface area contributed by atoms with Crippen LogP contribution in [0.25, 0.3) is 11.2 Å². The number of H-pyrrole nitrogens is 1. The molecule has 5 rings (SSSR count). The van der Waals surface area contributed by atoms with Crippen LogP contribution in [-0.4, -0.2) is 52.5 Å². The third-order valence-electron chi connectivity index (χ3n) is 7.69. The van der Waals surface area contributed by atoms with Crippen LogP contribution in [0, 0.1) is 11.8 Å². The van der Waals surface area contributed by atoms with E-state index in [0.717, 1.165) is 0 Å². The van der Waals surface area contributed by atoms with Crippen LogP contribution in [-0.2, 0) is 14.9 Å². The minimum Gasteiger partial charge on any atom is -0.381 e. The molecule has 2 saturated carbocycles. The maximum absolute atomic E-state index is 13.5. The lowest BCUT2D eigenvalue weighted by atomic mass is 9.76. The zero-order valence-electron chi connectivity index (χ0n) is 18.8. The van der Waals surface area contributed by atoms with Crippen LogP contribution < -0.4 is 11.1 Å². The molecule has 1 saturated heterocycles. The van der Waals surface area contributed by atoms with Crippen molar-refractivity contribution in [3.63, 3.8) is 0 Å². The Hall–Kier alpha value is -2.27. The number of fused-ring (bicyclic) bond motifs is 1. The van der Waals surface area contributed by atoms with E-state index in [1.54, 1.807) is 12.1 Å². The van der Waals surface area contributed by atoms with Crippen molar-refractivity contribution >= 4 is 17.1 Å². The van der Waals surface area contributed by atoms with Gasteiger partial charge in [0.1, 0.15) is 5.82 Å². The van der Waals surface area contributed by atoms with Crippen LogP contribution in [0.1, 0.15) is 62.5 Å². The summed E-state index contributed by atoms with van der Waals surface area (Å²) >= 11 is 0. The minimum absolute atomic E-state index is 0.0709. The van der Waals surface area contributed by atoms with Crippen molar-refractivity contribution in [2.75, 3.05) is 19.8 Å². The highest BCUT2D eigenvalue weighted by molar-refractivity contribution is 5.88. The van der Waals surface area contributed by atoms with Crippen molar-refractivity contribution in [2.45, 2.75) is 68.2 Å². The molecule has 3 heterocycles. The fourth-order valence-corrected chi connectivity index (χ4v) is 5.18. The van der Waals surface area contributed by atoms with Gasteiger partial charge in [-0.1, -0.05) is 0 Å². The first-order chi connectivity index (χ1) is 16.1. The number of aromatic nitrogens is 3. The Bertz CT molecular complexity index is 1060. The summed E-state index contributed by atoms with van der Waals surface area (Å²) < 4.78 is 59.1. The van der Waals surface area contributed by atoms with Gasteiger partial charge in [0, 0.05) is 44.9 Å². The van der Waals surface area contributed by atoms with E-state index in [1.807, 2.05) is 0 Å². The molecule has 0 bridgehead atoms. The maximum atomic E-state index is 13.5. The zero-order chi connectivity index (χ0) is 24.1. The Balaban J connectivity index is 1.36. The molecular weight excluding hydrogens is 454 g/mol. The van der Waals surface area contributed by atoms with Gasteiger partial charge in [0.15, 0.2) is 5.65 Å². The van der Waals surface area contributed by atoms with Crippen molar-refractivity contribution in [3.8, 4) is 0 Å². The first-order valence-electron chi connectivity index (χ1n) is 11.8. The highest BCUT2D eigenvalue weighted by atomic mass is 19.3. The number of halogens is 4. The fraction of sp³-hybridized carbons (Fsp3) is 0.696.